The van der Waals surface area contributed by atoms with E-state index in [1.807, 2.05) is 32.0 Å². The van der Waals surface area contributed by atoms with Crippen LogP contribution in [0.25, 0.3) is 11.0 Å². The molecule has 2 aromatic rings. The second-order valence-electron chi connectivity index (χ2n) is 6.52. The first-order chi connectivity index (χ1) is 12.0. The zero-order chi connectivity index (χ0) is 18.0. The first-order valence-electron chi connectivity index (χ1n) is 8.72. The number of aromatic nitrogens is 2. The van der Waals surface area contributed by atoms with Gasteiger partial charge in [-0.25, -0.2) is 4.98 Å². The van der Waals surface area contributed by atoms with E-state index >= 15 is 0 Å². The van der Waals surface area contributed by atoms with E-state index < -0.39 is 0 Å². The molecule has 1 atom stereocenters. The Hall–Kier alpha value is -2.63. The van der Waals surface area contributed by atoms with Crippen molar-refractivity contribution in [3.8, 4) is 0 Å². The lowest BCUT2D eigenvalue weighted by atomic mass is 10.1. The third-order valence-corrected chi connectivity index (χ3v) is 4.57. The fourth-order valence-electron chi connectivity index (χ4n) is 2.88. The van der Waals surface area contributed by atoms with Gasteiger partial charge in [0.05, 0.1) is 23.6 Å². The highest BCUT2D eigenvalue weighted by Crippen LogP contribution is 2.39. The molecule has 1 fully saturated rings. The predicted octanol–water partition coefficient (Wildman–Crippen LogP) is 2.65. The molecule has 1 aliphatic rings. The fourth-order valence-corrected chi connectivity index (χ4v) is 2.88. The number of hydrogen-bond acceptors (Lipinski definition) is 3. The Morgan fingerprint density at radius 1 is 1.48 bits per heavy atom. The maximum atomic E-state index is 12.2. The fraction of sp³-hybridized carbons (Fsp3) is 0.421. The number of hydrogen-bond donors (Lipinski definition) is 2. The lowest BCUT2D eigenvalue weighted by Gasteiger charge is -2.20. The Morgan fingerprint density at radius 2 is 2.24 bits per heavy atom. The molecule has 0 radical (unpaired) electrons. The van der Waals surface area contributed by atoms with Crippen LogP contribution < -0.4 is 5.32 Å². The van der Waals surface area contributed by atoms with E-state index in [-0.39, 0.29) is 24.4 Å². The summed E-state index contributed by atoms with van der Waals surface area (Å²) in [4.78, 5) is 33.3. The van der Waals surface area contributed by atoms with E-state index in [1.165, 1.54) is 23.8 Å². The van der Waals surface area contributed by atoms with Gasteiger partial charge in [-0.1, -0.05) is 12.6 Å². The lowest BCUT2D eigenvalue weighted by molar-refractivity contribution is -0.132. The summed E-state index contributed by atoms with van der Waals surface area (Å²) in [6.07, 6.45) is 3.64. The Bertz CT molecular complexity index is 807. The van der Waals surface area contributed by atoms with Gasteiger partial charge in [0.2, 0.25) is 11.8 Å². The van der Waals surface area contributed by atoms with Gasteiger partial charge in [0.15, 0.2) is 0 Å². The topological polar surface area (TPSA) is 78.1 Å². The predicted molar refractivity (Wildman–Crippen MR) is 97.1 cm³/mol. The molecule has 2 amide bonds. The number of nitrogens with zero attached hydrogens (tertiary/aromatic N) is 2. The molecule has 1 heterocycles. The minimum atomic E-state index is -0.239. The van der Waals surface area contributed by atoms with Crippen molar-refractivity contribution in [1.29, 1.82) is 0 Å². The number of fused-ring (bicyclic) bond motifs is 1. The summed E-state index contributed by atoms with van der Waals surface area (Å²) >= 11 is 0. The number of nitrogens with one attached hydrogen (secondary N) is 2. The molecular formula is C19H24N4O2. The average molecular weight is 340 g/mol. The Labute approximate surface area is 147 Å². The normalized spacial score (nSPS) is 15.0. The monoisotopic (exact) mass is 340 g/mol. The summed E-state index contributed by atoms with van der Waals surface area (Å²) in [6, 6.07) is 5.85. The zero-order valence-corrected chi connectivity index (χ0v) is 14.7. The van der Waals surface area contributed by atoms with Crippen molar-refractivity contribution in [1.82, 2.24) is 20.2 Å². The Morgan fingerprint density at radius 3 is 2.88 bits per heavy atom. The van der Waals surface area contributed by atoms with Crippen molar-refractivity contribution in [3.63, 3.8) is 0 Å². The molecule has 0 spiro atoms. The molecule has 1 aromatic heterocycles. The molecule has 1 unspecified atom stereocenters. The Balaban J connectivity index is 1.66. The van der Waals surface area contributed by atoms with Gasteiger partial charge in [0.25, 0.3) is 0 Å². The van der Waals surface area contributed by atoms with Crippen LogP contribution in [-0.2, 0) is 9.59 Å². The Kier molecular flexibility index (Phi) is 4.88. The minimum absolute atomic E-state index is 0.0316. The summed E-state index contributed by atoms with van der Waals surface area (Å²) in [5.41, 5.74) is 2.96. The van der Waals surface area contributed by atoms with E-state index in [1.54, 1.807) is 0 Å². The van der Waals surface area contributed by atoms with Gasteiger partial charge in [-0.15, -0.1) is 0 Å². The molecule has 6 nitrogen and oxygen atoms in total. The van der Waals surface area contributed by atoms with Gasteiger partial charge >= 0.3 is 0 Å². The highest BCUT2D eigenvalue weighted by molar-refractivity contribution is 5.91. The smallest absolute Gasteiger partial charge is 0.246 e. The van der Waals surface area contributed by atoms with Crippen molar-refractivity contribution in [2.75, 3.05) is 13.1 Å². The molecular weight excluding hydrogens is 316 g/mol. The van der Waals surface area contributed by atoms with Gasteiger partial charge in [-0.05, 0) is 50.5 Å². The number of rotatable bonds is 7. The van der Waals surface area contributed by atoms with Crippen LogP contribution in [0, 0.1) is 0 Å². The highest BCUT2D eigenvalue weighted by atomic mass is 16.2. The van der Waals surface area contributed by atoms with E-state index in [0.29, 0.717) is 12.5 Å². The van der Waals surface area contributed by atoms with Crippen LogP contribution >= 0.6 is 0 Å². The number of likely N-dealkylation sites (N-methyl/N-ethyl adjacent to an activating group) is 1. The third kappa shape index (κ3) is 3.90. The summed E-state index contributed by atoms with van der Waals surface area (Å²) in [5, 5.41) is 2.95. The van der Waals surface area contributed by atoms with Crippen molar-refractivity contribution >= 4 is 22.8 Å². The lowest BCUT2D eigenvalue weighted by Crippen LogP contribution is -2.40. The number of carbonyl (C=O) groups is 2. The molecule has 0 bridgehead atoms. The van der Waals surface area contributed by atoms with Crippen molar-refractivity contribution in [2.45, 2.75) is 38.6 Å². The van der Waals surface area contributed by atoms with Crippen LogP contribution in [0.2, 0.25) is 0 Å². The van der Waals surface area contributed by atoms with E-state index in [2.05, 4.69) is 21.9 Å². The number of imidazole rings is 1. The third-order valence-electron chi connectivity index (χ3n) is 4.57. The van der Waals surface area contributed by atoms with Crippen molar-refractivity contribution in [2.24, 2.45) is 0 Å². The molecule has 1 aliphatic carbocycles. The van der Waals surface area contributed by atoms with Crippen LogP contribution in [0.3, 0.4) is 0 Å². The van der Waals surface area contributed by atoms with Crippen molar-refractivity contribution in [3.05, 3.63) is 42.2 Å². The maximum absolute atomic E-state index is 12.2. The molecule has 132 valence electrons. The number of carbonyl (C=O) groups excluding carboxylic acids is 2. The molecule has 0 aliphatic heterocycles. The molecule has 1 saturated carbocycles. The van der Waals surface area contributed by atoms with E-state index in [9.17, 15) is 9.59 Å². The van der Waals surface area contributed by atoms with Gasteiger partial charge in [-0.2, -0.15) is 0 Å². The summed E-state index contributed by atoms with van der Waals surface area (Å²) in [6.45, 7) is 7.73. The van der Waals surface area contributed by atoms with E-state index in [0.717, 1.165) is 22.4 Å². The largest absolute Gasteiger partial charge is 0.348 e. The minimum Gasteiger partial charge on any atom is -0.348 e. The van der Waals surface area contributed by atoms with E-state index in [4.69, 9.17) is 0 Å². The van der Waals surface area contributed by atoms with Crippen molar-refractivity contribution < 1.29 is 9.59 Å². The van der Waals surface area contributed by atoms with Gasteiger partial charge in [-0.3, -0.25) is 9.59 Å². The van der Waals surface area contributed by atoms with Crippen LogP contribution in [0.1, 0.15) is 50.0 Å². The van der Waals surface area contributed by atoms with Crippen LogP contribution in [0.15, 0.2) is 30.9 Å². The summed E-state index contributed by atoms with van der Waals surface area (Å²) in [7, 11) is 0. The summed E-state index contributed by atoms with van der Waals surface area (Å²) < 4.78 is 0. The molecule has 1 aromatic carbocycles. The van der Waals surface area contributed by atoms with Gasteiger partial charge < -0.3 is 15.2 Å². The second-order valence-corrected chi connectivity index (χ2v) is 6.52. The van der Waals surface area contributed by atoms with Crippen LogP contribution in [-0.4, -0.2) is 39.8 Å². The summed E-state index contributed by atoms with van der Waals surface area (Å²) in [5.74, 6) is 1.21. The first-order valence-corrected chi connectivity index (χ1v) is 8.72. The molecule has 0 saturated heterocycles. The number of aromatic amines is 1. The molecule has 6 heteroatoms. The number of benzene rings is 1. The van der Waals surface area contributed by atoms with Crippen LogP contribution in [0.5, 0.6) is 0 Å². The standard InChI is InChI=1S/C19H24N4O2/c1-4-18(25)23(5-2)11-17(24)20-12(3)14-8-9-15-16(10-14)22-19(21-15)13-6-7-13/h4,8-10,12-13H,1,5-7,11H2,2-3H3,(H,20,24)(H,21,22). The molecule has 2 N–H and O–H groups in total. The van der Waals surface area contributed by atoms with Gasteiger partial charge in [0, 0.05) is 12.5 Å². The first kappa shape index (κ1) is 17.2. The van der Waals surface area contributed by atoms with Gasteiger partial charge in [0.1, 0.15) is 5.82 Å². The molecule has 3 rings (SSSR count). The molecule has 25 heavy (non-hydrogen) atoms. The maximum Gasteiger partial charge on any atom is 0.246 e. The average Bonchev–Trinajstić information content (AvgIpc) is 3.37. The second kappa shape index (κ2) is 7.09. The van der Waals surface area contributed by atoms with Crippen LogP contribution in [0.4, 0.5) is 0 Å². The quantitative estimate of drug-likeness (QED) is 0.761. The zero-order valence-electron chi connectivity index (χ0n) is 14.7. The number of H-pyrrole nitrogens is 1. The number of amides is 2. The highest BCUT2D eigenvalue weighted by Gasteiger charge is 2.26. The SMILES string of the molecule is C=CC(=O)N(CC)CC(=O)NC(C)c1ccc2nc(C3CC3)[nH]c2c1.